The molecule has 22 heavy (non-hydrogen) atoms. The summed E-state index contributed by atoms with van der Waals surface area (Å²) in [6.45, 7) is -1.89. The van der Waals surface area contributed by atoms with E-state index in [0.717, 1.165) is 11.8 Å². The van der Waals surface area contributed by atoms with Gasteiger partial charge in [-0.25, -0.2) is 4.39 Å². The van der Waals surface area contributed by atoms with Gasteiger partial charge in [0.05, 0.1) is 12.6 Å². The maximum atomic E-state index is 13.0. The lowest BCUT2D eigenvalue weighted by atomic mass is 9.94. The topological polar surface area (TPSA) is 83.3 Å². The maximum Gasteiger partial charge on any atom is 0.417 e. The first-order valence-corrected chi connectivity index (χ1v) is 7.33. The normalized spacial score (nSPS) is 38.7. The molecule has 0 bridgehead atoms. The summed E-state index contributed by atoms with van der Waals surface area (Å²) in [5, 5.41) is 23.1. The summed E-state index contributed by atoms with van der Waals surface area (Å²) in [5.41, 5.74) is -0.860. The Morgan fingerprint density at radius 1 is 1.41 bits per heavy atom. The number of rotatable bonds is 4. The number of alkyl halides is 4. The zero-order chi connectivity index (χ0) is 16.5. The van der Waals surface area contributed by atoms with E-state index in [1.165, 1.54) is 7.05 Å². The van der Waals surface area contributed by atoms with Crippen molar-refractivity contribution in [2.45, 2.75) is 42.1 Å². The number of fused-ring (bicyclic) bond motifs is 1. The summed E-state index contributed by atoms with van der Waals surface area (Å²) in [6, 6.07) is -0.787. The number of nitrogens with one attached hydrogen (secondary N) is 1. The second kappa shape index (κ2) is 6.87. The zero-order valence-electron chi connectivity index (χ0n) is 11.5. The van der Waals surface area contributed by atoms with Gasteiger partial charge in [-0.05, 0) is 0 Å². The number of nitrogens with zero attached hydrogens (tertiary/aromatic N) is 1. The molecule has 2 heterocycles. The number of hydrogen-bond donors (Lipinski definition) is 3. The van der Waals surface area contributed by atoms with Gasteiger partial charge in [-0.1, -0.05) is 11.8 Å². The Kier molecular flexibility index (Phi) is 5.54. The minimum atomic E-state index is -4.87. The van der Waals surface area contributed by atoms with Gasteiger partial charge in [0.15, 0.2) is 11.3 Å². The first-order valence-electron chi connectivity index (χ1n) is 6.45. The lowest BCUT2D eigenvalue weighted by Crippen LogP contribution is -2.64. The lowest BCUT2D eigenvalue weighted by Gasteiger charge is -2.42. The van der Waals surface area contributed by atoms with Crippen LogP contribution in [0.5, 0.6) is 0 Å². The van der Waals surface area contributed by atoms with Gasteiger partial charge in [-0.3, -0.25) is 4.99 Å². The molecule has 0 spiro atoms. The summed E-state index contributed by atoms with van der Waals surface area (Å²) in [4.78, 5) is 3.83. The van der Waals surface area contributed by atoms with Crippen LogP contribution in [0.2, 0.25) is 0 Å². The van der Waals surface area contributed by atoms with Crippen LogP contribution in [0.1, 0.15) is 0 Å². The molecule has 2 aliphatic rings. The fourth-order valence-corrected chi connectivity index (χ4v) is 3.43. The third-order valence-electron chi connectivity index (χ3n) is 3.36. The lowest BCUT2D eigenvalue weighted by molar-refractivity contribution is -0.285. The predicted octanol–water partition coefficient (Wildman–Crippen LogP) is 0.0409. The van der Waals surface area contributed by atoms with Crippen LogP contribution < -0.4 is 5.32 Å². The smallest absolute Gasteiger partial charge is 0.388 e. The molecular weight excluding hydrogens is 332 g/mol. The highest BCUT2D eigenvalue weighted by Crippen LogP contribution is 2.38. The predicted molar refractivity (Wildman–Crippen MR) is 70.3 cm³/mol. The molecule has 11 heteroatoms. The molecule has 6 nitrogen and oxygen atoms in total. The minimum absolute atomic E-state index is 0.384. The number of aliphatic hydroxyl groups is 2. The molecule has 2 aliphatic heterocycles. The Morgan fingerprint density at radius 2 is 2.09 bits per heavy atom. The van der Waals surface area contributed by atoms with Crippen molar-refractivity contribution < 1.29 is 37.2 Å². The van der Waals surface area contributed by atoms with Crippen LogP contribution in [0.3, 0.4) is 0 Å². The van der Waals surface area contributed by atoms with Crippen molar-refractivity contribution in [2.24, 2.45) is 4.99 Å². The highest BCUT2D eigenvalue weighted by Gasteiger charge is 2.57. The van der Waals surface area contributed by atoms with Gasteiger partial charge in [0.1, 0.15) is 30.4 Å². The van der Waals surface area contributed by atoms with Gasteiger partial charge in [-0.15, -0.1) is 0 Å². The first kappa shape index (κ1) is 17.7. The van der Waals surface area contributed by atoms with E-state index in [1.54, 1.807) is 0 Å². The van der Waals surface area contributed by atoms with E-state index in [4.69, 9.17) is 4.74 Å². The van der Waals surface area contributed by atoms with Gasteiger partial charge < -0.3 is 25.0 Å². The second-order valence-corrected chi connectivity index (χ2v) is 5.88. The fraction of sp³-hybridized carbons (Fsp3) is 0.909. The minimum Gasteiger partial charge on any atom is -0.388 e. The molecule has 2 saturated heterocycles. The molecule has 0 radical (unpaired) electrons. The summed E-state index contributed by atoms with van der Waals surface area (Å²) in [6.07, 6.45) is -12.6. The average Bonchev–Trinajstić information content (AvgIpc) is 2.86. The molecule has 3 N–H and O–H groups in total. The number of amidine groups is 1. The van der Waals surface area contributed by atoms with Crippen LogP contribution in [-0.4, -0.2) is 77.8 Å². The number of aliphatic hydroxyl groups excluding tert-OH is 2. The maximum absolute atomic E-state index is 13.0. The number of ether oxygens (including phenoxy) is 2. The third kappa shape index (κ3) is 3.48. The number of halogens is 4. The zero-order valence-corrected chi connectivity index (χ0v) is 12.3. The molecule has 0 aromatic rings. The molecule has 6 atom stereocenters. The van der Waals surface area contributed by atoms with E-state index in [2.05, 4.69) is 15.0 Å². The summed E-state index contributed by atoms with van der Waals surface area (Å²) < 4.78 is 61.0. The van der Waals surface area contributed by atoms with E-state index < -0.39 is 55.4 Å². The van der Waals surface area contributed by atoms with Crippen molar-refractivity contribution >= 4 is 16.9 Å². The molecular formula is C11H16F4N2O4S. The largest absolute Gasteiger partial charge is 0.417 e. The van der Waals surface area contributed by atoms with Gasteiger partial charge >= 0.3 is 6.18 Å². The van der Waals surface area contributed by atoms with Crippen LogP contribution in [0.4, 0.5) is 17.6 Å². The van der Waals surface area contributed by atoms with Gasteiger partial charge in [0, 0.05) is 7.05 Å². The van der Waals surface area contributed by atoms with Crippen molar-refractivity contribution in [2.75, 3.05) is 20.3 Å². The quantitative estimate of drug-likeness (QED) is 0.623. The number of hydrogen-bond acceptors (Lipinski definition) is 6. The van der Waals surface area contributed by atoms with E-state index in [1.807, 2.05) is 0 Å². The van der Waals surface area contributed by atoms with E-state index >= 15 is 0 Å². The van der Waals surface area contributed by atoms with Gasteiger partial charge in [-0.2, -0.15) is 13.2 Å². The first-order chi connectivity index (χ1) is 10.3. The van der Waals surface area contributed by atoms with Crippen molar-refractivity contribution in [3.63, 3.8) is 0 Å². The number of aliphatic imine (C=N–C) groups is 1. The Hall–Kier alpha value is -0.620. The number of thioether (sulfide) groups is 1. The molecule has 0 amide bonds. The Morgan fingerprint density at radius 3 is 2.64 bits per heavy atom. The van der Waals surface area contributed by atoms with Crippen LogP contribution in [0, 0.1) is 0 Å². The third-order valence-corrected chi connectivity index (χ3v) is 4.52. The SMILES string of the molecule is CN=C1NC2C(OC(C(OCCF)C(F)(F)F)C(O)C2O)S1. The summed E-state index contributed by atoms with van der Waals surface area (Å²) >= 11 is 1.00. The highest BCUT2D eigenvalue weighted by atomic mass is 32.2. The van der Waals surface area contributed by atoms with Gasteiger partial charge in [0.2, 0.25) is 0 Å². The van der Waals surface area contributed by atoms with Crippen molar-refractivity contribution in [1.29, 1.82) is 0 Å². The van der Waals surface area contributed by atoms with Crippen LogP contribution in [0.25, 0.3) is 0 Å². The standard InChI is InChI=1S/C11H16F4N2O4S/c1-16-10-17-4-5(18)6(19)7(21-9(4)22-10)8(11(13,14)15)20-3-2-12/h4-9,18-19H,2-3H2,1H3,(H,16,17). The van der Waals surface area contributed by atoms with E-state index in [0.29, 0.717) is 5.17 Å². The molecule has 2 rings (SSSR count). The molecule has 128 valence electrons. The van der Waals surface area contributed by atoms with Crippen LogP contribution in [-0.2, 0) is 9.47 Å². The summed E-state index contributed by atoms with van der Waals surface area (Å²) in [7, 11) is 1.47. The van der Waals surface area contributed by atoms with E-state index in [-0.39, 0.29) is 0 Å². The molecule has 6 unspecified atom stereocenters. The highest BCUT2D eigenvalue weighted by molar-refractivity contribution is 8.14. The Labute approximate surface area is 127 Å². The van der Waals surface area contributed by atoms with Crippen molar-refractivity contribution in [3.8, 4) is 0 Å². The van der Waals surface area contributed by atoms with Crippen LogP contribution >= 0.6 is 11.8 Å². The molecule has 2 fully saturated rings. The average molecular weight is 348 g/mol. The second-order valence-electron chi connectivity index (χ2n) is 4.79. The molecule has 0 aliphatic carbocycles. The monoisotopic (exact) mass is 348 g/mol. The fourth-order valence-electron chi connectivity index (χ4n) is 2.34. The Bertz CT molecular complexity index is 425. The van der Waals surface area contributed by atoms with Crippen molar-refractivity contribution in [1.82, 2.24) is 5.32 Å². The molecule has 0 aromatic carbocycles. The molecule has 0 aromatic heterocycles. The summed E-state index contributed by atoms with van der Waals surface area (Å²) in [5.74, 6) is 0. The van der Waals surface area contributed by atoms with Gasteiger partial charge in [0.25, 0.3) is 0 Å². The Balaban J connectivity index is 2.19. The van der Waals surface area contributed by atoms with Crippen molar-refractivity contribution in [3.05, 3.63) is 0 Å². The van der Waals surface area contributed by atoms with Crippen LogP contribution in [0.15, 0.2) is 4.99 Å². The van der Waals surface area contributed by atoms with E-state index in [9.17, 15) is 27.8 Å². The molecule has 0 saturated carbocycles.